The van der Waals surface area contributed by atoms with Gasteiger partial charge in [0.1, 0.15) is 23.8 Å². The fourth-order valence-corrected chi connectivity index (χ4v) is 4.32. The van der Waals surface area contributed by atoms with Gasteiger partial charge in [-0.15, -0.1) is 0 Å². The molecule has 1 aliphatic heterocycles. The first-order valence-electron chi connectivity index (χ1n) is 12.3. The van der Waals surface area contributed by atoms with Gasteiger partial charge in [-0.05, 0) is 46.7 Å². The summed E-state index contributed by atoms with van der Waals surface area (Å²) in [6, 6.07) is 22.2. The third kappa shape index (κ3) is 5.33. The molecule has 1 saturated heterocycles. The molecule has 1 aliphatic rings. The first-order chi connectivity index (χ1) is 18.8. The number of ether oxygens (including phenoxy) is 2. The van der Waals surface area contributed by atoms with Crippen molar-refractivity contribution in [2.45, 2.75) is 13.2 Å². The molecular weight excluding hydrogens is 498 g/mol. The minimum Gasteiger partial charge on any atom is -0.488 e. The zero-order valence-corrected chi connectivity index (χ0v) is 21.8. The number of nitrogens with one attached hydrogen (secondary N) is 1. The van der Waals surface area contributed by atoms with E-state index in [1.807, 2.05) is 61.5 Å². The SMILES string of the molecule is COC(=O)c1ccc(CN2C(=O)N/C(=C\c3ccc(N(C)C)cc3OCc3cccc4ccccc34)C2=O)o1. The quantitative estimate of drug-likeness (QED) is 0.197. The Morgan fingerprint density at radius 2 is 1.82 bits per heavy atom. The second-order valence-corrected chi connectivity index (χ2v) is 9.18. The number of hydrogen-bond donors (Lipinski definition) is 1. The number of rotatable bonds is 8. The fraction of sp³-hybridized carbons (Fsp3) is 0.167. The van der Waals surface area contributed by atoms with E-state index < -0.39 is 17.9 Å². The van der Waals surface area contributed by atoms with Crippen LogP contribution in [0.3, 0.4) is 0 Å². The number of furan rings is 1. The van der Waals surface area contributed by atoms with Crippen molar-refractivity contribution in [1.29, 1.82) is 0 Å². The van der Waals surface area contributed by atoms with E-state index in [4.69, 9.17) is 9.15 Å². The molecule has 3 amide bonds. The van der Waals surface area contributed by atoms with E-state index in [1.54, 1.807) is 6.08 Å². The summed E-state index contributed by atoms with van der Waals surface area (Å²) in [6.07, 6.45) is 1.60. The largest absolute Gasteiger partial charge is 0.488 e. The number of imide groups is 1. The number of esters is 1. The minimum atomic E-state index is -0.642. The van der Waals surface area contributed by atoms with Crippen LogP contribution in [-0.2, 0) is 22.7 Å². The number of methoxy groups -OCH3 is 1. The predicted molar refractivity (Wildman–Crippen MR) is 146 cm³/mol. The number of anilines is 1. The summed E-state index contributed by atoms with van der Waals surface area (Å²) in [5.74, 6) is -0.335. The minimum absolute atomic E-state index is 0.00992. The summed E-state index contributed by atoms with van der Waals surface area (Å²) < 4.78 is 16.3. The van der Waals surface area contributed by atoms with E-state index >= 15 is 0 Å². The van der Waals surface area contributed by atoms with Crippen LogP contribution in [0.5, 0.6) is 5.75 Å². The molecule has 0 saturated carbocycles. The van der Waals surface area contributed by atoms with Gasteiger partial charge >= 0.3 is 12.0 Å². The maximum absolute atomic E-state index is 13.1. The van der Waals surface area contributed by atoms with Crippen molar-refractivity contribution in [3.63, 3.8) is 0 Å². The lowest BCUT2D eigenvalue weighted by molar-refractivity contribution is -0.123. The van der Waals surface area contributed by atoms with Gasteiger partial charge in [0.25, 0.3) is 5.91 Å². The highest BCUT2D eigenvalue weighted by Gasteiger charge is 2.34. The van der Waals surface area contributed by atoms with Gasteiger partial charge in [0.2, 0.25) is 5.76 Å². The molecular formula is C30H27N3O6. The summed E-state index contributed by atoms with van der Waals surface area (Å²) in [4.78, 5) is 40.4. The number of nitrogens with zero attached hydrogens (tertiary/aromatic N) is 2. The predicted octanol–water partition coefficient (Wildman–Crippen LogP) is 4.96. The topological polar surface area (TPSA) is 101 Å². The molecule has 1 aromatic heterocycles. The second-order valence-electron chi connectivity index (χ2n) is 9.18. The normalized spacial score (nSPS) is 14.1. The van der Waals surface area contributed by atoms with Gasteiger partial charge in [-0.1, -0.05) is 42.5 Å². The Labute approximate surface area is 225 Å². The van der Waals surface area contributed by atoms with Crippen molar-refractivity contribution in [3.8, 4) is 5.75 Å². The van der Waals surface area contributed by atoms with Crippen LogP contribution in [0.4, 0.5) is 10.5 Å². The summed E-state index contributed by atoms with van der Waals surface area (Å²) in [6.45, 7) is 0.185. The fourth-order valence-electron chi connectivity index (χ4n) is 4.32. The third-order valence-corrected chi connectivity index (χ3v) is 6.40. The monoisotopic (exact) mass is 525 g/mol. The second kappa shape index (κ2) is 10.7. The number of fused-ring (bicyclic) bond motifs is 1. The maximum Gasteiger partial charge on any atom is 0.373 e. The number of urea groups is 1. The Morgan fingerprint density at radius 3 is 2.62 bits per heavy atom. The zero-order chi connectivity index (χ0) is 27.5. The van der Waals surface area contributed by atoms with Crippen molar-refractivity contribution >= 4 is 40.4 Å². The molecule has 9 nitrogen and oxygen atoms in total. The van der Waals surface area contributed by atoms with E-state index in [9.17, 15) is 14.4 Å². The Bertz CT molecular complexity index is 1600. The highest BCUT2D eigenvalue weighted by molar-refractivity contribution is 6.14. The van der Waals surface area contributed by atoms with Gasteiger partial charge in [-0.25, -0.2) is 9.59 Å². The maximum atomic E-state index is 13.1. The van der Waals surface area contributed by atoms with Crippen molar-refractivity contribution in [3.05, 3.63) is 101 Å². The molecule has 0 aliphatic carbocycles. The summed E-state index contributed by atoms with van der Waals surface area (Å²) in [5, 5.41) is 4.85. The highest BCUT2D eigenvalue weighted by atomic mass is 16.5. The summed E-state index contributed by atoms with van der Waals surface area (Å²) >= 11 is 0. The lowest BCUT2D eigenvalue weighted by Gasteiger charge is -2.17. The first-order valence-corrected chi connectivity index (χ1v) is 12.3. The standard InChI is InChI=1S/C30H27N3O6/c1-32(2)22-12-11-20(27(16-22)38-18-21-9-6-8-19-7-4-5-10-24(19)21)15-25-28(34)33(30(36)31-25)17-23-13-14-26(39-23)29(35)37-3/h4-16H,17-18H2,1-3H3,(H,31,36)/b25-15-. The number of carbonyl (C=O) groups is 3. The molecule has 198 valence electrons. The molecule has 2 heterocycles. The number of amides is 3. The molecule has 1 N–H and O–H groups in total. The van der Waals surface area contributed by atoms with Crippen LogP contribution in [0.1, 0.15) is 27.4 Å². The van der Waals surface area contributed by atoms with E-state index in [-0.39, 0.29) is 23.8 Å². The molecule has 4 aromatic rings. The molecule has 0 bridgehead atoms. The molecule has 39 heavy (non-hydrogen) atoms. The highest BCUT2D eigenvalue weighted by Crippen LogP contribution is 2.30. The van der Waals surface area contributed by atoms with Crippen LogP contribution >= 0.6 is 0 Å². The molecule has 0 atom stereocenters. The molecule has 9 heteroatoms. The van der Waals surface area contributed by atoms with E-state index in [2.05, 4.69) is 28.3 Å². The first kappa shape index (κ1) is 25.6. The van der Waals surface area contributed by atoms with Crippen LogP contribution in [0.15, 0.2) is 82.9 Å². The van der Waals surface area contributed by atoms with Crippen molar-refractivity contribution in [1.82, 2.24) is 10.2 Å². The van der Waals surface area contributed by atoms with Crippen molar-refractivity contribution < 1.29 is 28.3 Å². The van der Waals surface area contributed by atoms with Crippen LogP contribution in [-0.4, -0.2) is 44.0 Å². The Kier molecular flexibility index (Phi) is 7.05. The van der Waals surface area contributed by atoms with Crippen LogP contribution in [0.25, 0.3) is 16.8 Å². The lowest BCUT2D eigenvalue weighted by atomic mass is 10.1. The molecule has 0 unspecified atom stereocenters. The van der Waals surface area contributed by atoms with Crippen LogP contribution in [0, 0.1) is 0 Å². The summed E-state index contributed by atoms with van der Waals surface area (Å²) in [7, 11) is 5.10. The average Bonchev–Trinajstić information content (AvgIpc) is 3.52. The van der Waals surface area contributed by atoms with Crippen LogP contribution in [0.2, 0.25) is 0 Å². The summed E-state index contributed by atoms with van der Waals surface area (Å²) in [5.41, 5.74) is 2.69. The van der Waals surface area contributed by atoms with Gasteiger partial charge in [0.15, 0.2) is 0 Å². The number of hydrogen-bond acceptors (Lipinski definition) is 7. The van der Waals surface area contributed by atoms with E-state index in [0.717, 1.165) is 26.9 Å². The Balaban J connectivity index is 1.40. The zero-order valence-electron chi connectivity index (χ0n) is 21.8. The molecule has 1 fully saturated rings. The van der Waals surface area contributed by atoms with E-state index in [0.29, 0.717) is 17.9 Å². The molecule has 3 aromatic carbocycles. The number of benzene rings is 3. The molecule has 0 spiro atoms. The van der Waals surface area contributed by atoms with E-state index in [1.165, 1.54) is 19.2 Å². The molecule has 0 radical (unpaired) electrons. The smallest absolute Gasteiger partial charge is 0.373 e. The molecule has 5 rings (SSSR count). The lowest BCUT2D eigenvalue weighted by Crippen LogP contribution is -2.30. The van der Waals surface area contributed by atoms with Crippen molar-refractivity contribution in [2.75, 3.05) is 26.1 Å². The van der Waals surface area contributed by atoms with Gasteiger partial charge in [-0.3, -0.25) is 9.69 Å². The Hall–Kier alpha value is -5.05. The van der Waals surface area contributed by atoms with Gasteiger partial charge < -0.3 is 24.1 Å². The third-order valence-electron chi connectivity index (χ3n) is 6.40. The average molecular weight is 526 g/mol. The Morgan fingerprint density at radius 1 is 1.03 bits per heavy atom. The van der Waals surface area contributed by atoms with Gasteiger partial charge in [0, 0.05) is 31.4 Å². The van der Waals surface area contributed by atoms with Gasteiger partial charge in [-0.2, -0.15) is 0 Å². The van der Waals surface area contributed by atoms with Crippen LogP contribution < -0.4 is 15.0 Å². The van der Waals surface area contributed by atoms with Crippen molar-refractivity contribution in [2.24, 2.45) is 0 Å². The van der Waals surface area contributed by atoms with Gasteiger partial charge in [0.05, 0.1) is 13.7 Å². The number of carbonyl (C=O) groups excluding carboxylic acids is 3.